The minimum Gasteiger partial charge on any atom is -0.218 e. The van der Waals surface area contributed by atoms with E-state index in [-0.39, 0.29) is 5.25 Å². The molecule has 0 spiro atoms. The van der Waals surface area contributed by atoms with Crippen molar-refractivity contribution in [3.05, 3.63) is 0 Å². The fraction of sp³-hybridized carbons (Fsp3) is 1.00. The minimum absolute atomic E-state index is 0.0807. The fourth-order valence-electron chi connectivity index (χ4n) is 2.80. The molecule has 0 bridgehead atoms. The molecule has 3 atom stereocenters. The maximum atomic E-state index is 11.5. The molecule has 0 saturated heterocycles. The molecule has 0 amide bonds. The van der Waals surface area contributed by atoms with Gasteiger partial charge in [0.05, 0.1) is 5.25 Å². The van der Waals surface area contributed by atoms with Crippen LogP contribution in [0.2, 0.25) is 0 Å². The zero-order valence-electron chi connectivity index (χ0n) is 7.99. The Balaban J connectivity index is 2.05. The first-order valence-electron chi connectivity index (χ1n) is 5.07. The van der Waals surface area contributed by atoms with Crippen LogP contribution in [0.4, 0.5) is 0 Å². The Kier molecular flexibility index (Phi) is 2.36. The normalized spacial score (nSPS) is 39.3. The van der Waals surface area contributed by atoms with E-state index in [0.717, 1.165) is 12.8 Å². The molecule has 3 nitrogen and oxygen atoms in total. The second-order valence-electron chi connectivity index (χ2n) is 4.23. The van der Waals surface area contributed by atoms with Crippen molar-refractivity contribution in [3.8, 4) is 0 Å². The van der Waals surface area contributed by atoms with Gasteiger partial charge in [0, 0.05) is 0 Å². The highest BCUT2D eigenvalue weighted by Crippen LogP contribution is 2.47. The predicted octanol–water partition coefficient (Wildman–Crippen LogP) is 1.11. The van der Waals surface area contributed by atoms with E-state index in [4.69, 9.17) is 0 Å². The molecule has 0 heterocycles. The molecular formula is C9H17NO2S. The Morgan fingerprint density at radius 3 is 2.54 bits per heavy atom. The third-order valence-corrected chi connectivity index (χ3v) is 5.57. The van der Waals surface area contributed by atoms with Gasteiger partial charge in [-0.2, -0.15) is 0 Å². The van der Waals surface area contributed by atoms with Crippen molar-refractivity contribution in [2.45, 2.75) is 37.4 Å². The largest absolute Gasteiger partial charge is 0.218 e. The fourth-order valence-corrected chi connectivity index (χ4v) is 4.43. The molecule has 2 aliphatic rings. The monoisotopic (exact) mass is 203 g/mol. The molecule has 0 aromatic heterocycles. The first-order valence-corrected chi connectivity index (χ1v) is 6.62. The van der Waals surface area contributed by atoms with Gasteiger partial charge in [-0.15, -0.1) is 0 Å². The summed E-state index contributed by atoms with van der Waals surface area (Å²) in [5.41, 5.74) is 0. The summed E-state index contributed by atoms with van der Waals surface area (Å²) >= 11 is 0. The van der Waals surface area contributed by atoms with E-state index < -0.39 is 10.0 Å². The van der Waals surface area contributed by atoms with Crippen molar-refractivity contribution < 1.29 is 8.42 Å². The quantitative estimate of drug-likeness (QED) is 0.731. The molecule has 3 unspecified atom stereocenters. The van der Waals surface area contributed by atoms with Crippen LogP contribution in [0.5, 0.6) is 0 Å². The Morgan fingerprint density at radius 2 is 1.92 bits per heavy atom. The van der Waals surface area contributed by atoms with Gasteiger partial charge < -0.3 is 0 Å². The van der Waals surface area contributed by atoms with Crippen LogP contribution in [0, 0.1) is 11.8 Å². The number of rotatable bonds is 2. The first-order chi connectivity index (χ1) is 6.15. The Bertz CT molecular complexity index is 286. The molecule has 0 radical (unpaired) electrons. The SMILES string of the molecule is CNS(=O)(=O)C1CC2CCCCC21. The zero-order valence-corrected chi connectivity index (χ0v) is 8.81. The Labute approximate surface area is 80.0 Å². The summed E-state index contributed by atoms with van der Waals surface area (Å²) in [7, 11) is -1.46. The second-order valence-corrected chi connectivity index (χ2v) is 6.34. The number of fused-ring (bicyclic) bond motifs is 1. The van der Waals surface area contributed by atoms with Gasteiger partial charge in [-0.1, -0.05) is 19.3 Å². The van der Waals surface area contributed by atoms with Crippen LogP contribution >= 0.6 is 0 Å². The summed E-state index contributed by atoms with van der Waals surface area (Å²) in [4.78, 5) is 0. The summed E-state index contributed by atoms with van der Waals surface area (Å²) < 4.78 is 25.5. The summed E-state index contributed by atoms with van der Waals surface area (Å²) in [6.07, 6.45) is 5.79. The number of hydrogen-bond donors (Lipinski definition) is 1. The maximum Gasteiger partial charge on any atom is 0.214 e. The lowest BCUT2D eigenvalue weighted by molar-refractivity contribution is 0.119. The van der Waals surface area contributed by atoms with E-state index in [1.165, 1.54) is 26.3 Å². The summed E-state index contributed by atoms with van der Waals surface area (Å²) in [6, 6.07) is 0. The van der Waals surface area contributed by atoms with Crippen LogP contribution in [0.25, 0.3) is 0 Å². The van der Waals surface area contributed by atoms with Gasteiger partial charge in [-0.3, -0.25) is 0 Å². The van der Waals surface area contributed by atoms with Gasteiger partial charge >= 0.3 is 0 Å². The molecular weight excluding hydrogens is 186 g/mol. The maximum absolute atomic E-state index is 11.5. The highest BCUT2D eigenvalue weighted by Gasteiger charge is 2.48. The number of hydrogen-bond acceptors (Lipinski definition) is 2. The lowest BCUT2D eigenvalue weighted by Crippen LogP contribution is -2.51. The standard InChI is InChI=1S/C9H17NO2S/c1-10-13(11,12)9-6-7-4-2-3-5-8(7)9/h7-10H,2-6H2,1H3. The highest BCUT2D eigenvalue weighted by molar-refractivity contribution is 7.90. The van der Waals surface area contributed by atoms with E-state index in [9.17, 15) is 8.42 Å². The van der Waals surface area contributed by atoms with E-state index in [2.05, 4.69) is 4.72 Å². The molecule has 76 valence electrons. The molecule has 13 heavy (non-hydrogen) atoms. The van der Waals surface area contributed by atoms with E-state index in [0.29, 0.717) is 11.8 Å². The van der Waals surface area contributed by atoms with Crippen molar-refractivity contribution in [1.82, 2.24) is 4.72 Å². The van der Waals surface area contributed by atoms with Crippen LogP contribution in [0.1, 0.15) is 32.1 Å². The molecule has 0 aromatic rings. The number of sulfonamides is 1. The second kappa shape index (κ2) is 3.24. The van der Waals surface area contributed by atoms with Crippen LogP contribution in [0.15, 0.2) is 0 Å². The summed E-state index contributed by atoms with van der Waals surface area (Å²) in [5, 5.41) is -0.0807. The third kappa shape index (κ3) is 1.50. The van der Waals surface area contributed by atoms with Gasteiger partial charge in [0.1, 0.15) is 0 Å². The smallest absolute Gasteiger partial charge is 0.214 e. The predicted molar refractivity (Wildman–Crippen MR) is 51.8 cm³/mol. The molecule has 2 rings (SSSR count). The van der Waals surface area contributed by atoms with Gasteiger partial charge in [0.15, 0.2) is 0 Å². The van der Waals surface area contributed by atoms with E-state index >= 15 is 0 Å². The summed E-state index contributed by atoms with van der Waals surface area (Å²) in [6.45, 7) is 0. The first kappa shape index (κ1) is 9.46. The zero-order chi connectivity index (χ0) is 9.47. The molecule has 1 N–H and O–H groups in total. The lowest BCUT2D eigenvalue weighted by atomic mass is 9.65. The van der Waals surface area contributed by atoms with Crippen molar-refractivity contribution in [1.29, 1.82) is 0 Å². The van der Waals surface area contributed by atoms with Gasteiger partial charge in [-0.05, 0) is 31.7 Å². The Morgan fingerprint density at radius 1 is 1.23 bits per heavy atom. The van der Waals surface area contributed by atoms with Gasteiger partial charge in [-0.25, -0.2) is 13.1 Å². The minimum atomic E-state index is -2.98. The van der Waals surface area contributed by atoms with Gasteiger partial charge in [0.2, 0.25) is 10.0 Å². The van der Waals surface area contributed by atoms with Gasteiger partial charge in [0.25, 0.3) is 0 Å². The molecule has 2 saturated carbocycles. The molecule has 0 aliphatic heterocycles. The number of nitrogens with one attached hydrogen (secondary N) is 1. The average molecular weight is 203 g/mol. The van der Waals surface area contributed by atoms with Crippen molar-refractivity contribution in [2.75, 3.05) is 7.05 Å². The van der Waals surface area contributed by atoms with Crippen LogP contribution in [0.3, 0.4) is 0 Å². The molecule has 0 aromatic carbocycles. The topological polar surface area (TPSA) is 46.2 Å². The average Bonchev–Trinajstić information content (AvgIpc) is 2.07. The van der Waals surface area contributed by atoms with Crippen LogP contribution in [-0.2, 0) is 10.0 Å². The van der Waals surface area contributed by atoms with Crippen LogP contribution < -0.4 is 4.72 Å². The molecule has 2 fully saturated rings. The van der Waals surface area contributed by atoms with Crippen molar-refractivity contribution >= 4 is 10.0 Å². The third-order valence-electron chi connectivity index (χ3n) is 3.66. The van der Waals surface area contributed by atoms with Crippen molar-refractivity contribution in [2.24, 2.45) is 11.8 Å². The van der Waals surface area contributed by atoms with Crippen LogP contribution in [-0.4, -0.2) is 20.7 Å². The molecule has 2 aliphatic carbocycles. The van der Waals surface area contributed by atoms with Crippen molar-refractivity contribution in [3.63, 3.8) is 0 Å². The Hall–Kier alpha value is -0.0900. The lowest BCUT2D eigenvalue weighted by Gasteiger charge is -2.46. The highest BCUT2D eigenvalue weighted by atomic mass is 32.2. The summed E-state index contributed by atoms with van der Waals surface area (Å²) in [5.74, 6) is 1.17. The van der Waals surface area contributed by atoms with E-state index in [1.807, 2.05) is 0 Å². The molecule has 4 heteroatoms. The van der Waals surface area contributed by atoms with E-state index in [1.54, 1.807) is 0 Å².